The van der Waals surface area contributed by atoms with Crippen LogP contribution in [0.1, 0.15) is 12.0 Å². The number of carbonyl (C=O) groups excluding carboxylic acids is 1. The number of thiazole rings is 1. The zero-order valence-corrected chi connectivity index (χ0v) is 25.5. The van der Waals surface area contributed by atoms with Gasteiger partial charge in [-0.3, -0.25) is 9.69 Å². The van der Waals surface area contributed by atoms with Gasteiger partial charge in [-0.15, -0.1) is 0 Å². The molecule has 9 nitrogen and oxygen atoms in total. The second kappa shape index (κ2) is 11.9. The summed E-state index contributed by atoms with van der Waals surface area (Å²) in [5.41, 5.74) is 4.33. The Hall–Kier alpha value is -4.18. The number of aromatic nitrogens is 3. The van der Waals surface area contributed by atoms with Crippen molar-refractivity contribution in [2.24, 2.45) is 0 Å². The molecule has 46 heavy (non-hydrogen) atoms. The van der Waals surface area contributed by atoms with Crippen LogP contribution in [0.4, 0.5) is 37.3 Å². The van der Waals surface area contributed by atoms with Crippen molar-refractivity contribution in [2.75, 3.05) is 51.0 Å². The van der Waals surface area contributed by atoms with E-state index < -0.39 is 41.8 Å². The molecule has 4 aromatic rings. The van der Waals surface area contributed by atoms with Crippen molar-refractivity contribution in [3.05, 3.63) is 48.3 Å². The van der Waals surface area contributed by atoms with Crippen LogP contribution in [0.2, 0.25) is 0 Å². The number of halogens is 6. The normalized spacial score (nSPS) is 22.2. The molecule has 2 aromatic heterocycles. The summed E-state index contributed by atoms with van der Waals surface area (Å²) in [6.07, 6.45) is -6.22. The van der Waals surface area contributed by atoms with Gasteiger partial charge in [0.15, 0.2) is 5.13 Å². The molecule has 6 rings (SSSR count). The number of hydrogen-bond acceptors (Lipinski definition) is 9. The Morgan fingerprint density at radius 2 is 1.93 bits per heavy atom. The van der Waals surface area contributed by atoms with E-state index in [1.807, 2.05) is 0 Å². The van der Waals surface area contributed by atoms with Crippen LogP contribution in [0.3, 0.4) is 0 Å². The maximum Gasteiger partial charge on any atom is 0.417 e. The van der Waals surface area contributed by atoms with Crippen LogP contribution in [-0.4, -0.2) is 95.4 Å². The Balaban J connectivity index is 1.52. The molecule has 244 valence electrons. The van der Waals surface area contributed by atoms with Gasteiger partial charge in [-0.25, -0.2) is 18.2 Å². The summed E-state index contributed by atoms with van der Waals surface area (Å²) in [4.78, 5) is 29.5. The third-order valence-corrected chi connectivity index (χ3v) is 9.37. The van der Waals surface area contributed by atoms with Crippen LogP contribution in [0.5, 0.6) is 6.01 Å². The summed E-state index contributed by atoms with van der Waals surface area (Å²) in [6, 6.07) is 2.79. The molecule has 2 aliphatic heterocycles. The first kappa shape index (κ1) is 31.8. The molecule has 0 spiro atoms. The summed E-state index contributed by atoms with van der Waals surface area (Å²) in [5.74, 6) is -1.24. The standard InChI is InChI=1S/C30H29F6N7O2S/c1-4-24(44)43-11-21(33)23(12-43)42(3)27-18-8-19(30(34,35)36)17(16-5-6-20(32)26-25(16)39-28(37)46-26)9-22(18)38-29(40-27)45-13-15-7-14(31)10-41(15)2/h4-6,8-9,14-15,21,23H,1,7,10-13H2,2-3H3,(H2,37,39)/t14-,15+,21-,23+/m1/s1. The zero-order valence-electron chi connectivity index (χ0n) is 24.7. The Kier molecular flexibility index (Phi) is 8.21. The van der Waals surface area contributed by atoms with Crippen molar-refractivity contribution in [2.45, 2.75) is 37.0 Å². The van der Waals surface area contributed by atoms with Gasteiger partial charge in [-0.2, -0.15) is 23.1 Å². The monoisotopic (exact) mass is 665 g/mol. The number of fused-ring (bicyclic) bond motifs is 2. The lowest BCUT2D eigenvalue weighted by molar-refractivity contribution is -0.137. The second-order valence-electron chi connectivity index (χ2n) is 11.4. The number of nitrogen functional groups attached to an aromatic ring is 1. The quantitative estimate of drug-likeness (QED) is 0.212. The van der Waals surface area contributed by atoms with E-state index in [0.29, 0.717) is 0 Å². The molecule has 2 fully saturated rings. The second-order valence-corrected chi connectivity index (χ2v) is 12.5. The number of likely N-dealkylation sites (N-methyl/N-ethyl adjacent to an activating group) is 2. The van der Waals surface area contributed by atoms with Gasteiger partial charge in [-0.1, -0.05) is 17.9 Å². The predicted molar refractivity (Wildman–Crippen MR) is 163 cm³/mol. The molecule has 0 bridgehead atoms. The van der Waals surface area contributed by atoms with Crippen LogP contribution in [0.25, 0.3) is 32.2 Å². The smallest absolute Gasteiger partial charge is 0.417 e. The highest BCUT2D eigenvalue weighted by molar-refractivity contribution is 7.22. The van der Waals surface area contributed by atoms with Gasteiger partial charge in [0, 0.05) is 37.1 Å². The van der Waals surface area contributed by atoms with Crippen LogP contribution in [-0.2, 0) is 11.0 Å². The lowest BCUT2D eigenvalue weighted by Crippen LogP contribution is -2.40. The Labute approximate surface area is 263 Å². The highest BCUT2D eigenvalue weighted by Gasteiger charge is 2.40. The van der Waals surface area contributed by atoms with E-state index >= 15 is 4.39 Å². The Morgan fingerprint density at radius 1 is 1.17 bits per heavy atom. The van der Waals surface area contributed by atoms with E-state index in [2.05, 4.69) is 21.5 Å². The van der Waals surface area contributed by atoms with Crippen LogP contribution >= 0.6 is 11.3 Å². The fourth-order valence-electron chi connectivity index (χ4n) is 6.09. The fraction of sp³-hybridized carbons (Fsp3) is 0.400. The summed E-state index contributed by atoms with van der Waals surface area (Å²) < 4.78 is 93.9. The van der Waals surface area contributed by atoms with Gasteiger partial charge in [0.25, 0.3) is 0 Å². The third kappa shape index (κ3) is 5.79. The van der Waals surface area contributed by atoms with Gasteiger partial charge in [-0.05, 0) is 49.4 Å². The molecule has 0 unspecified atom stereocenters. The number of nitrogens with two attached hydrogens (primary N) is 1. The number of carbonyl (C=O) groups is 1. The van der Waals surface area contributed by atoms with Gasteiger partial charge in [0.1, 0.15) is 30.6 Å². The minimum Gasteiger partial charge on any atom is -0.462 e. The summed E-state index contributed by atoms with van der Waals surface area (Å²) >= 11 is 0.808. The van der Waals surface area contributed by atoms with Crippen molar-refractivity contribution < 1.29 is 35.9 Å². The number of amides is 1. The van der Waals surface area contributed by atoms with Crippen molar-refractivity contribution in [1.29, 1.82) is 0 Å². The van der Waals surface area contributed by atoms with E-state index in [9.17, 15) is 26.7 Å². The first-order valence-corrected chi connectivity index (χ1v) is 15.1. The van der Waals surface area contributed by atoms with Gasteiger partial charge in [0.05, 0.1) is 33.9 Å². The molecule has 0 aliphatic carbocycles. The number of nitrogens with zero attached hydrogens (tertiary/aromatic N) is 6. The maximum atomic E-state index is 15.3. The zero-order chi connectivity index (χ0) is 33.1. The summed E-state index contributed by atoms with van der Waals surface area (Å²) in [5, 5.41) is -0.0871. The molecule has 2 aliphatic rings. The highest BCUT2D eigenvalue weighted by Crippen LogP contribution is 2.44. The Bertz CT molecular complexity index is 1840. The summed E-state index contributed by atoms with van der Waals surface area (Å²) in [7, 11) is 3.21. The molecule has 2 aromatic carbocycles. The number of alkyl halides is 5. The maximum absolute atomic E-state index is 15.3. The third-order valence-electron chi connectivity index (χ3n) is 8.48. The minimum absolute atomic E-state index is 0.00366. The number of rotatable bonds is 7. The van der Waals surface area contributed by atoms with E-state index in [4.69, 9.17) is 10.5 Å². The molecule has 0 radical (unpaired) electrons. The van der Waals surface area contributed by atoms with Crippen LogP contribution < -0.4 is 15.4 Å². The highest BCUT2D eigenvalue weighted by atomic mass is 32.1. The van der Waals surface area contributed by atoms with Gasteiger partial charge >= 0.3 is 12.2 Å². The number of anilines is 2. The SMILES string of the molecule is C=CC(=O)N1C[C@@H](F)[C@@H](N(C)c2nc(OC[C@@H]3C[C@@H](F)CN3C)nc3cc(-c4ccc(F)c5sc(N)nc45)c(C(F)(F)F)cc23)C1. The molecule has 0 saturated carbocycles. The molecular weight excluding hydrogens is 636 g/mol. The van der Waals surface area contributed by atoms with Crippen molar-refractivity contribution in [3.63, 3.8) is 0 Å². The lowest BCUT2D eigenvalue weighted by Gasteiger charge is -2.28. The van der Waals surface area contributed by atoms with E-state index in [1.165, 1.54) is 29.0 Å². The molecule has 4 heterocycles. The average Bonchev–Trinajstić information content (AvgIpc) is 3.69. The molecule has 16 heteroatoms. The van der Waals surface area contributed by atoms with Crippen LogP contribution in [0.15, 0.2) is 36.9 Å². The van der Waals surface area contributed by atoms with E-state index in [0.717, 1.165) is 29.5 Å². The number of ether oxygens (including phenoxy) is 1. The average molecular weight is 666 g/mol. The van der Waals surface area contributed by atoms with Crippen molar-refractivity contribution >= 4 is 49.3 Å². The topological polar surface area (TPSA) is 101 Å². The van der Waals surface area contributed by atoms with Crippen LogP contribution in [0, 0.1) is 5.82 Å². The van der Waals surface area contributed by atoms with Crippen molar-refractivity contribution in [1.82, 2.24) is 24.8 Å². The number of benzene rings is 2. The first-order chi connectivity index (χ1) is 21.7. The van der Waals surface area contributed by atoms with E-state index in [1.54, 1.807) is 11.9 Å². The lowest BCUT2D eigenvalue weighted by atomic mass is 9.96. The molecule has 2 N–H and O–H groups in total. The van der Waals surface area contributed by atoms with Gasteiger partial charge < -0.3 is 20.3 Å². The molecule has 2 saturated heterocycles. The van der Waals surface area contributed by atoms with Crippen molar-refractivity contribution in [3.8, 4) is 17.1 Å². The largest absolute Gasteiger partial charge is 0.462 e. The predicted octanol–water partition coefficient (Wildman–Crippen LogP) is 5.24. The Morgan fingerprint density at radius 3 is 2.61 bits per heavy atom. The summed E-state index contributed by atoms with van der Waals surface area (Å²) in [6.45, 7) is 3.34. The van der Waals surface area contributed by atoms with Gasteiger partial charge in [0.2, 0.25) is 5.91 Å². The first-order valence-electron chi connectivity index (χ1n) is 14.3. The minimum atomic E-state index is -4.89. The molecular formula is C30H29F6N7O2S. The number of hydrogen-bond donors (Lipinski definition) is 1. The molecule has 4 atom stereocenters. The molecule has 1 amide bonds. The fourth-order valence-corrected chi connectivity index (χ4v) is 6.86. The van der Waals surface area contributed by atoms with E-state index in [-0.39, 0.29) is 87.9 Å². The number of likely N-dealkylation sites (tertiary alicyclic amines) is 2.